The normalized spacial score (nSPS) is 25.4. The summed E-state index contributed by atoms with van der Waals surface area (Å²) < 4.78 is 0. The van der Waals surface area contributed by atoms with Crippen molar-refractivity contribution in [3.05, 3.63) is 16.1 Å². The Bertz CT molecular complexity index is 409. The number of nitrogens with zero attached hydrogens (tertiary/aromatic N) is 3. The van der Waals surface area contributed by atoms with E-state index in [2.05, 4.69) is 20.2 Å². The Morgan fingerprint density at radius 1 is 1.32 bits per heavy atom. The number of thiazole rings is 1. The van der Waals surface area contributed by atoms with Gasteiger partial charge >= 0.3 is 0 Å². The van der Waals surface area contributed by atoms with Crippen molar-refractivity contribution in [2.45, 2.75) is 37.6 Å². The summed E-state index contributed by atoms with van der Waals surface area (Å²) in [5.74, 6) is 0.539. The van der Waals surface area contributed by atoms with Gasteiger partial charge in [0.1, 0.15) is 0 Å². The zero-order chi connectivity index (χ0) is 13.1. The molecule has 1 aromatic rings. The van der Waals surface area contributed by atoms with E-state index in [1.165, 1.54) is 50.4 Å². The quantitative estimate of drug-likeness (QED) is 0.797. The van der Waals surface area contributed by atoms with Gasteiger partial charge in [0.05, 0.1) is 16.6 Å². The molecule has 3 nitrogen and oxygen atoms in total. The van der Waals surface area contributed by atoms with Crippen molar-refractivity contribution in [1.29, 1.82) is 0 Å². The number of hydrogen-bond acceptors (Lipinski definition) is 4. The van der Waals surface area contributed by atoms with E-state index in [-0.39, 0.29) is 0 Å². The molecule has 0 radical (unpaired) electrons. The Morgan fingerprint density at radius 3 is 3.05 bits per heavy atom. The number of rotatable bonds is 4. The van der Waals surface area contributed by atoms with Crippen molar-refractivity contribution in [2.75, 3.05) is 32.7 Å². The predicted octanol–water partition coefficient (Wildman–Crippen LogP) is 2.59. The maximum absolute atomic E-state index is 5.80. The molecule has 0 N–H and O–H groups in total. The smallest absolute Gasteiger partial charge is 0.0941 e. The highest BCUT2D eigenvalue weighted by Crippen LogP contribution is 2.21. The van der Waals surface area contributed by atoms with Gasteiger partial charge in [0.25, 0.3) is 0 Å². The highest BCUT2D eigenvalue weighted by Gasteiger charge is 2.28. The van der Waals surface area contributed by atoms with E-state index < -0.39 is 0 Å². The van der Waals surface area contributed by atoms with Crippen LogP contribution < -0.4 is 0 Å². The van der Waals surface area contributed by atoms with Crippen LogP contribution in [0.2, 0.25) is 0 Å². The molecule has 2 saturated heterocycles. The van der Waals surface area contributed by atoms with Crippen LogP contribution in [0.1, 0.15) is 30.0 Å². The molecule has 19 heavy (non-hydrogen) atoms. The molecule has 106 valence electrons. The first-order valence-electron chi connectivity index (χ1n) is 7.31. The van der Waals surface area contributed by atoms with Crippen molar-refractivity contribution in [2.24, 2.45) is 0 Å². The van der Waals surface area contributed by atoms with Crippen LogP contribution >= 0.6 is 22.9 Å². The number of hydrogen-bond donors (Lipinski definition) is 0. The van der Waals surface area contributed by atoms with Gasteiger partial charge in [-0.05, 0) is 38.9 Å². The van der Waals surface area contributed by atoms with E-state index in [0.717, 1.165) is 24.7 Å². The van der Waals surface area contributed by atoms with Crippen molar-refractivity contribution < 1.29 is 0 Å². The Labute approximate surface area is 124 Å². The standard InChI is InChI=1S/C14H22ClN3S/c15-9-12-11-19-14(16-12)4-8-17-5-2-7-18-6-1-3-13(18)10-17/h11,13H,1-10H2. The molecule has 2 aliphatic heterocycles. The molecule has 0 saturated carbocycles. The second-order valence-electron chi connectivity index (χ2n) is 5.60. The van der Waals surface area contributed by atoms with E-state index in [1.807, 2.05) is 0 Å². The lowest BCUT2D eigenvalue weighted by Crippen LogP contribution is -2.37. The average Bonchev–Trinajstić information content (AvgIpc) is 3.02. The number of aromatic nitrogens is 1. The van der Waals surface area contributed by atoms with Crippen molar-refractivity contribution in [1.82, 2.24) is 14.8 Å². The highest BCUT2D eigenvalue weighted by atomic mass is 35.5. The Morgan fingerprint density at radius 2 is 2.21 bits per heavy atom. The van der Waals surface area contributed by atoms with E-state index in [0.29, 0.717) is 5.88 Å². The molecule has 0 aliphatic carbocycles. The van der Waals surface area contributed by atoms with Crippen LogP contribution in [0, 0.1) is 0 Å². The molecule has 1 atom stereocenters. The Balaban J connectivity index is 1.51. The van der Waals surface area contributed by atoms with Gasteiger partial charge in [-0.25, -0.2) is 4.98 Å². The van der Waals surface area contributed by atoms with Crippen LogP contribution in [0.4, 0.5) is 0 Å². The molecule has 0 amide bonds. The molecule has 1 aromatic heterocycles. The van der Waals surface area contributed by atoms with E-state index in [1.54, 1.807) is 11.3 Å². The van der Waals surface area contributed by atoms with Crippen molar-refractivity contribution in [3.63, 3.8) is 0 Å². The minimum atomic E-state index is 0.539. The minimum Gasteiger partial charge on any atom is -0.301 e. The molecule has 3 heterocycles. The molecule has 2 aliphatic rings. The topological polar surface area (TPSA) is 19.4 Å². The molecule has 0 spiro atoms. The van der Waals surface area contributed by atoms with Gasteiger partial charge in [-0.15, -0.1) is 22.9 Å². The zero-order valence-corrected chi connectivity index (χ0v) is 12.9. The van der Waals surface area contributed by atoms with E-state index >= 15 is 0 Å². The van der Waals surface area contributed by atoms with Gasteiger partial charge in [0, 0.05) is 30.9 Å². The van der Waals surface area contributed by atoms with Crippen LogP contribution in [-0.2, 0) is 12.3 Å². The van der Waals surface area contributed by atoms with Crippen molar-refractivity contribution >= 4 is 22.9 Å². The summed E-state index contributed by atoms with van der Waals surface area (Å²) in [6, 6.07) is 0.817. The third-order valence-electron chi connectivity index (χ3n) is 4.27. The largest absolute Gasteiger partial charge is 0.301 e. The summed E-state index contributed by atoms with van der Waals surface area (Å²) in [7, 11) is 0. The summed E-state index contributed by atoms with van der Waals surface area (Å²) in [6.07, 6.45) is 5.18. The van der Waals surface area contributed by atoms with Crippen LogP contribution in [0.15, 0.2) is 5.38 Å². The van der Waals surface area contributed by atoms with Crippen LogP contribution in [0.5, 0.6) is 0 Å². The first-order chi connectivity index (χ1) is 9.35. The third kappa shape index (κ3) is 3.48. The fourth-order valence-corrected chi connectivity index (χ4v) is 4.28. The minimum absolute atomic E-state index is 0.539. The molecule has 2 fully saturated rings. The van der Waals surface area contributed by atoms with Crippen molar-refractivity contribution in [3.8, 4) is 0 Å². The maximum atomic E-state index is 5.80. The summed E-state index contributed by atoms with van der Waals surface area (Å²) in [5.41, 5.74) is 1.03. The van der Waals surface area contributed by atoms with Gasteiger partial charge < -0.3 is 4.90 Å². The summed E-state index contributed by atoms with van der Waals surface area (Å²) in [4.78, 5) is 9.88. The average molecular weight is 300 g/mol. The fourth-order valence-electron chi connectivity index (χ4n) is 3.26. The predicted molar refractivity (Wildman–Crippen MR) is 81.0 cm³/mol. The second-order valence-corrected chi connectivity index (χ2v) is 6.81. The highest BCUT2D eigenvalue weighted by molar-refractivity contribution is 7.09. The fraction of sp³-hybridized carbons (Fsp3) is 0.786. The van der Waals surface area contributed by atoms with Crippen LogP contribution in [0.25, 0.3) is 0 Å². The van der Waals surface area contributed by atoms with E-state index in [9.17, 15) is 0 Å². The van der Waals surface area contributed by atoms with Gasteiger partial charge in [-0.1, -0.05) is 0 Å². The van der Waals surface area contributed by atoms with Gasteiger partial charge in [0.15, 0.2) is 0 Å². The third-order valence-corrected chi connectivity index (χ3v) is 5.50. The summed E-state index contributed by atoms with van der Waals surface area (Å²) >= 11 is 7.55. The maximum Gasteiger partial charge on any atom is 0.0941 e. The van der Waals surface area contributed by atoms with Gasteiger partial charge in [-0.2, -0.15) is 0 Å². The molecule has 5 heteroatoms. The molecular formula is C14H22ClN3S. The molecule has 0 bridgehead atoms. The van der Waals surface area contributed by atoms with E-state index in [4.69, 9.17) is 11.6 Å². The summed E-state index contributed by atoms with van der Waals surface area (Å²) in [6.45, 7) is 6.28. The lowest BCUT2D eigenvalue weighted by atomic mass is 10.2. The Kier molecular flexibility index (Phi) is 4.74. The lowest BCUT2D eigenvalue weighted by Gasteiger charge is -2.25. The second kappa shape index (κ2) is 6.53. The first kappa shape index (κ1) is 13.8. The Hall–Kier alpha value is -0.160. The van der Waals surface area contributed by atoms with Gasteiger partial charge in [0.2, 0.25) is 0 Å². The lowest BCUT2D eigenvalue weighted by molar-refractivity contribution is 0.221. The molecule has 0 aromatic carbocycles. The molecule has 3 rings (SSSR count). The molecular weight excluding hydrogens is 278 g/mol. The van der Waals surface area contributed by atoms with Crippen LogP contribution in [0.3, 0.4) is 0 Å². The monoisotopic (exact) mass is 299 g/mol. The zero-order valence-electron chi connectivity index (χ0n) is 11.4. The number of halogens is 1. The number of alkyl halides is 1. The summed E-state index contributed by atoms with van der Waals surface area (Å²) in [5, 5.41) is 3.33. The number of fused-ring (bicyclic) bond motifs is 1. The van der Waals surface area contributed by atoms with Gasteiger partial charge in [-0.3, -0.25) is 4.90 Å². The first-order valence-corrected chi connectivity index (χ1v) is 8.72. The SMILES string of the molecule is ClCc1csc(CCN2CCCN3CCCC3C2)n1. The van der Waals surface area contributed by atoms with Crippen LogP contribution in [-0.4, -0.2) is 53.5 Å². The molecule has 1 unspecified atom stereocenters.